The Morgan fingerprint density at radius 2 is 1.96 bits per heavy atom. The number of anilines is 1. The van der Waals surface area contributed by atoms with Crippen LogP contribution in [0.4, 0.5) is 5.69 Å². The maximum absolute atomic E-state index is 12.5. The highest BCUT2D eigenvalue weighted by Crippen LogP contribution is 2.27. The third kappa shape index (κ3) is 3.78. The van der Waals surface area contributed by atoms with Gasteiger partial charge in [-0.25, -0.2) is 4.98 Å². The minimum atomic E-state index is -0.273. The molecular formula is C18H15Cl2N3O2. The van der Waals surface area contributed by atoms with Crippen molar-refractivity contribution in [3.8, 4) is 11.4 Å². The molecule has 0 radical (unpaired) electrons. The van der Waals surface area contributed by atoms with Crippen LogP contribution in [0.3, 0.4) is 0 Å². The Balaban J connectivity index is 1.87. The van der Waals surface area contributed by atoms with E-state index in [0.29, 0.717) is 27.0 Å². The van der Waals surface area contributed by atoms with Crippen molar-refractivity contribution in [2.75, 3.05) is 12.4 Å². The number of rotatable bonds is 4. The van der Waals surface area contributed by atoms with Crippen LogP contribution in [0, 0.1) is 6.92 Å². The van der Waals surface area contributed by atoms with E-state index >= 15 is 0 Å². The monoisotopic (exact) mass is 375 g/mol. The van der Waals surface area contributed by atoms with Crippen LogP contribution in [-0.4, -0.2) is 22.6 Å². The quantitative estimate of drug-likeness (QED) is 0.715. The second-order valence-corrected chi connectivity index (χ2v) is 6.21. The molecule has 3 aromatic rings. The number of halogens is 2. The Morgan fingerprint density at radius 1 is 1.16 bits per heavy atom. The van der Waals surface area contributed by atoms with Gasteiger partial charge >= 0.3 is 0 Å². The molecule has 2 aromatic carbocycles. The molecule has 1 N–H and O–H groups in total. The second-order valence-electron chi connectivity index (χ2n) is 5.39. The fraction of sp³-hybridized carbons (Fsp3) is 0.111. The SMILES string of the molecule is COc1cc(C(=O)Nc2ccc(Cl)c(Cl)c2)ccc1-n1cnc(C)c1. The third-order valence-corrected chi connectivity index (χ3v) is 4.35. The number of imidazole rings is 1. The first-order chi connectivity index (χ1) is 12.0. The lowest BCUT2D eigenvalue weighted by Crippen LogP contribution is -2.12. The lowest BCUT2D eigenvalue weighted by molar-refractivity contribution is 0.102. The summed E-state index contributed by atoms with van der Waals surface area (Å²) in [5.41, 5.74) is 2.72. The van der Waals surface area contributed by atoms with Gasteiger partial charge in [0.25, 0.3) is 5.91 Å². The van der Waals surface area contributed by atoms with Crippen LogP contribution in [-0.2, 0) is 0 Å². The van der Waals surface area contributed by atoms with Gasteiger partial charge in [0.1, 0.15) is 5.75 Å². The summed E-state index contributed by atoms with van der Waals surface area (Å²) in [6.45, 7) is 1.90. The molecule has 0 aliphatic rings. The topological polar surface area (TPSA) is 56.1 Å². The van der Waals surface area contributed by atoms with Gasteiger partial charge in [-0.2, -0.15) is 0 Å². The Kier molecular flexibility index (Phi) is 4.97. The van der Waals surface area contributed by atoms with Crippen molar-refractivity contribution in [1.82, 2.24) is 9.55 Å². The van der Waals surface area contributed by atoms with E-state index in [0.717, 1.165) is 11.4 Å². The molecule has 0 aliphatic heterocycles. The minimum Gasteiger partial charge on any atom is -0.495 e. The number of aromatic nitrogens is 2. The molecular weight excluding hydrogens is 361 g/mol. The number of hydrogen-bond acceptors (Lipinski definition) is 3. The van der Waals surface area contributed by atoms with E-state index in [1.54, 1.807) is 43.8 Å². The molecule has 1 amide bonds. The Morgan fingerprint density at radius 3 is 2.60 bits per heavy atom. The summed E-state index contributed by atoms with van der Waals surface area (Å²) in [6.07, 6.45) is 3.58. The number of nitrogens with zero attached hydrogens (tertiary/aromatic N) is 2. The van der Waals surface area contributed by atoms with Crippen molar-refractivity contribution in [2.24, 2.45) is 0 Å². The molecule has 25 heavy (non-hydrogen) atoms. The van der Waals surface area contributed by atoms with E-state index in [4.69, 9.17) is 27.9 Å². The Hall–Kier alpha value is -2.50. The number of aryl methyl sites for hydroxylation is 1. The maximum Gasteiger partial charge on any atom is 0.255 e. The highest BCUT2D eigenvalue weighted by Gasteiger charge is 2.12. The summed E-state index contributed by atoms with van der Waals surface area (Å²) in [5, 5.41) is 3.59. The molecule has 0 saturated heterocycles. The first kappa shape index (κ1) is 17.3. The minimum absolute atomic E-state index is 0.273. The van der Waals surface area contributed by atoms with Crippen molar-refractivity contribution >= 4 is 34.8 Å². The summed E-state index contributed by atoms with van der Waals surface area (Å²) in [5.74, 6) is 0.296. The third-order valence-electron chi connectivity index (χ3n) is 3.61. The molecule has 1 aromatic heterocycles. The number of amides is 1. The van der Waals surface area contributed by atoms with Crippen molar-refractivity contribution < 1.29 is 9.53 Å². The van der Waals surface area contributed by atoms with Gasteiger partial charge in [0.15, 0.2) is 0 Å². The van der Waals surface area contributed by atoms with Crippen LogP contribution < -0.4 is 10.1 Å². The molecule has 0 fully saturated rings. The van der Waals surface area contributed by atoms with E-state index in [1.165, 1.54) is 0 Å². The number of hydrogen-bond donors (Lipinski definition) is 1. The molecule has 3 rings (SSSR count). The second kappa shape index (κ2) is 7.17. The Labute approximate surface area is 155 Å². The smallest absolute Gasteiger partial charge is 0.255 e. The van der Waals surface area contributed by atoms with Gasteiger partial charge in [-0.05, 0) is 43.3 Å². The molecule has 0 atom stereocenters. The average Bonchev–Trinajstić information content (AvgIpc) is 3.03. The predicted octanol–water partition coefficient (Wildman–Crippen LogP) is 4.75. The van der Waals surface area contributed by atoms with E-state index < -0.39 is 0 Å². The fourth-order valence-electron chi connectivity index (χ4n) is 2.36. The number of benzene rings is 2. The largest absolute Gasteiger partial charge is 0.495 e. The zero-order chi connectivity index (χ0) is 18.0. The summed E-state index contributed by atoms with van der Waals surface area (Å²) < 4.78 is 7.26. The molecule has 7 heteroatoms. The maximum atomic E-state index is 12.5. The van der Waals surface area contributed by atoms with Gasteiger partial charge in [0, 0.05) is 17.4 Å². The summed E-state index contributed by atoms with van der Waals surface area (Å²) in [7, 11) is 1.56. The van der Waals surface area contributed by atoms with E-state index in [2.05, 4.69) is 10.3 Å². The summed E-state index contributed by atoms with van der Waals surface area (Å²) >= 11 is 11.9. The van der Waals surface area contributed by atoms with Crippen LogP contribution in [0.25, 0.3) is 5.69 Å². The van der Waals surface area contributed by atoms with Crippen LogP contribution in [0.1, 0.15) is 16.1 Å². The van der Waals surface area contributed by atoms with Gasteiger partial charge in [0.2, 0.25) is 0 Å². The number of carbonyl (C=O) groups excluding carboxylic acids is 1. The molecule has 0 unspecified atom stereocenters. The zero-order valence-corrected chi connectivity index (χ0v) is 15.1. The highest BCUT2D eigenvalue weighted by molar-refractivity contribution is 6.42. The zero-order valence-electron chi connectivity index (χ0n) is 13.6. The standard InChI is InChI=1S/C18H15Cl2N3O2/c1-11-9-23(10-21-11)16-6-3-12(7-17(16)25-2)18(24)22-13-4-5-14(19)15(20)8-13/h3-10H,1-2H3,(H,22,24). The molecule has 0 aliphatic carbocycles. The molecule has 1 heterocycles. The first-order valence-electron chi connectivity index (χ1n) is 7.43. The number of methoxy groups -OCH3 is 1. The summed E-state index contributed by atoms with van der Waals surface area (Å²) in [6, 6.07) is 10.1. The predicted molar refractivity (Wildman–Crippen MR) is 99.3 cm³/mol. The van der Waals surface area contributed by atoms with Gasteiger partial charge in [-0.3, -0.25) is 4.79 Å². The fourth-order valence-corrected chi connectivity index (χ4v) is 2.66. The normalized spacial score (nSPS) is 10.6. The van der Waals surface area contributed by atoms with Crippen LogP contribution >= 0.6 is 23.2 Å². The molecule has 5 nitrogen and oxygen atoms in total. The van der Waals surface area contributed by atoms with Crippen LogP contribution in [0.5, 0.6) is 5.75 Å². The van der Waals surface area contributed by atoms with Gasteiger partial charge in [0.05, 0.1) is 34.9 Å². The van der Waals surface area contributed by atoms with Gasteiger partial charge in [-0.1, -0.05) is 23.2 Å². The molecule has 0 spiro atoms. The number of ether oxygens (including phenoxy) is 1. The number of carbonyl (C=O) groups is 1. The van der Waals surface area contributed by atoms with E-state index in [-0.39, 0.29) is 5.91 Å². The summed E-state index contributed by atoms with van der Waals surface area (Å²) in [4.78, 5) is 16.7. The average molecular weight is 376 g/mol. The van der Waals surface area contributed by atoms with E-state index in [9.17, 15) is 4.79 Å². The van der Waals surface area contributed by atoms with Crippen molar-refractivity contribution in [2.45, 2.75) is 6.92 Å². The van der Waals surface area contributed by atoms with Crippen molar-refractivity contribution in [1.29, 1.82) is 0 Å². The Bertz CT molecular complexity index is 938. The molecule has 0 saturated carbocycles. The van der Waals surface area contributed by atoms with Crippen molar-refractivity contribution in [3.05, 3.63) is 70.2 Å². The van der Waals surface area contributed by atoms with Crippen LogP contribution in [0.15, 0.2) is 48.9 Å². The van der Waals surface area contributed by atoms with Gasteiger partial charge in [-0.15, -0.1) is 0 Å². The number of nitrogens with one attached hydrogen (secondary N) is 1. The van der Waals surface area contributed by atoms with E-state index in [1.807, 2.05) is 23.8 Å². The van der Waals surface area contributed by atoms with Crippen LogP contribution in [0.2, 0.25) is 10.0 Å². The molecule has 0 bridgehead atoms. The highest BCUT2D eigenvalue weighted by atomic mass is 35.5. The first-order valence-corrected chi connectivity index (χ1v) is 8.19. The lowest BCUT2D eigenvalue weighted by atomic mass is 10.1. The van der Waals surface area contributed by atoms with Crippen molar-refractivity contribution in [3.63, 3.8) is 0 Å². The molecule has 128 valence electrons. The van der Waals surface area contributed by atoms with Gasteiger partial charge < -0.3 is 14.6 Å². The lowest BCUT2D eigenvalue weighted by Gasteiger charge is -2.12.